The molecular formula is C59H39N5O. The molecule has 0 spiro atoms. The van der Waals surface area contributed by atoms with Crippen molar-refractivity contribution in [1.29, 1.82) is 0 Å². The second-order valence-corrected chi connectivity index (χ2v) is 17.5. The van der Waals surface area contributed by atoms with Gasteiger partial charge in [0.05, 0.1) is 16.7 Å². The molecule has 0 fully saturated rings. The molecule has 1 aliphatic rings. The second-order valence-electron chi connectivity index (χ2n) is 17.5. The van der Waals surface area contributed by atoms with E-state index in [1.807, 2.05) is 60.8 Å². The van der Waals surface area contributed by atoms with Crippen LogP contribution in [-0.4, -0.2) is 24.5 Å². The lowest BCUT2D eigenvalue weighted by atomic mass is 9.82. The molecule has 12 aromatic rings. The summed E-state index contributed by atoms with van der Waals surface area (Å²) >= 11 is 0. The molecule has 8 aromatic carbocycles. The van der Waals surface area contributed by atoms with Crippen molar-refractivity contribution in [2.75, 3.05) is 0 Å². The van der Waals surface area contributed by atoms with Gasteiger partial charge in [-0.15, -0.1) is 0 Å². The van der Waals surface area contributed by atoms with Crippen molar-refractivity contribution < 1.29 is 4.42 Å². The van der Waals surface area contributed by atoms with Gasteiger partial charge in [-0.3, -0.25) is 9.55 Å². The van der Waals surface area contributed by atoms with Gasteiger partial charge in [0.2, 0.25) is 5.95 Å². The van der Waals surface area contributed by atoms with E-state index >= 15 is 0 Å². The summed E-state index contributed by atoms with van der Waals surface area (Å²) in [6.45, 7) is 4.66. The van der Waals surface area contributed by atoms with Gasteiger partial charge in [-0.1, -0.05) is 141 Å². The van der Waals surface area contributed by atoms with E-state index in [9.17, 15) is 0 Å². The molecule has 0 unspecified atom stereocenters. The van der Waals surface area contributed by atoms with E-state index in [2.05, 4.69) is 163 Å². The summed E-state index contributed by atoms with van der Waals surface area (Å²) in [4.78, 5) is 20.1. The first-order chi connectivity index (χ1) is 31.9. The van der Waals surface area contributed by atoms with Crippen LogP contribution in [0, 0.1) is 0 Å². The van der Waals surface area contributed by atoms with Gasteiger partial charge in [-0.2, -0.15) is 9.97 Å². The fraction of sp³-hybridized carbons (Fsp3) is 0.0508. The Morgan fingerprint density at radius 3 is 1.80 bits per heavy atom. The molecule has 13 rings (SSSR count). The number of nitrogens with zero attached hydrogens (tertiary/aromatic N) is 5. The molecule has 0 N–H and O–H groups in total. The summed E-state index contributed by atoms with van der Waals surface area (Å²) in [7, 11) is 0. The molecule has 4 heterocycles. The number of pyridine rings is 1. The summed E-state index contributed by atoms with van der Waals surface area (Å²) in [6.07, 6.45) is 1.84. The number of benzene rings is 8. The number of rotatable bonds is 6. The summed E-state index contributed by atoms with van der Waals surface area (Å²) in [5.41, 5.74) is 17.1. The molecular weight excluding hydrogens is 795 g/mol. The third-order valence-electron chi connectivity index (χ3n) is 13.3. The normalized spacial score (nSPS) is 12.9. The van der Waals surface area contributed by atoms with Gasteiger partial charge in [0.25, 0.3) is 0 Å². The molecule has 0 radical (unpaired) electrons. The number of fused-ring (bicyclic) bond motifs is 9. The van der Waals surface area contributed by atoms with Crippen molar-refractivity contribution in [2.45, 2.75) is 19.3 Å². The van der Waals surface area contributed by atoms with E-state index in [1.54, 1.807) is 0 Å². The molecule has 0 saturated heterocycles. The van der Waals surface area contributed by atoms with Crippen molar-refractivity contribution in [3.05, 3.63) is 211 Å². The SMILES string of the molecule is CC1(C)c2ccccc2-c2cc3c4cc(-c5ccc6c(c5)oc5ccc(-c7cccc(-c8ccccn8)c7)cc56)ccc4n(-c4nc(-c5ccccc5)nc(-c5ccccc5)n4)c3cc21. The molecule has 0 amide bonds. The van der Waals surface area contributed by atoms with Crippen LogP contribution >= 0.6 is 0 Å². The molecule has 0 atom stereocenters. The highest BCUT2D eigenvalue weighted by Gasteiger charge is 2.36. The van der Waals surface area contributed by atoms with Gasteiger partial charge in [-0.25, -0.2) is 4.98 Å². The van der Waals surface area contributed by atoms with Gasteiger partial charge < -0.3 is 4.42 Å². The topological polar surface area (TPSA) is 69.6 Å². The maximum absolute atomic E-state index is 6.58. The van der Waals surface area contributed by atoms with Gasteiger partial charge in [0.1, 0.15) is 11.2 Å². The maximum atomic E-state index is 6.58. The highest BCUT2D eigenvalue weighted by Crippen LogP contribution is 2.51. The predicted molar refractivity (Wildman–Crippen MR) is 264 cm³/mol. The van der Waals surface area contributed by atoms with E-state index in [-0.39, 0.29) is 5.41 Å². The monoisotopic (exact) mass is 833 g/mol. The summed E-state index contributed by atoms with van der Waals surface area (Å²) in [5.74, 6) is 1.82. The fourth-order valence-electron chi connectivity index (χ4n) is 10.0. The molecule has 6 nitrogen and oxygen atoms in total. The zero-order valence-corrected chi connectivity index (χ0v) is 35.7. The van der Waals surface area contributed by atoms with Gasteiger partial charge in [-0.05, 0) is 111 Å². The highest BCUT2D eigenvalue weighted by atomic mass is 16.3. The van der Waals surface area contributed by atoms with Crippen LogP contribution in [0.3, 0.4) is 0 Å². The minimum Gasteiger partial charge on any atom is -0.456 e. The quantitative estimate of drug-likeness (QED) is 0.167. The van der Waals surface area contributed by atoms with Crippen molar-refractivity contribution in [3.63, 3.8) is 0 Å². The summed E-state index contributed by atoms with van der Waals surface area (Å²) in [5, 5.41) is 4.43. The third-order valence-corrected chi connectivity index (χ3v) is 13.3. The largest absolute Gasteiger partial charge is 0.456 e. The first-order valence-electron chi connectivity index (χ1n) is 22.0. The van der Waals surface area contributed by atoms with Crippen molar-refractivity contribution >= 4 is 43.7 Å². The van der Waals surface area contributed by atoms with Gasteiger partial charge >= 0.3 is 0 Å². The van der Waals surface area contributed by atoms with Gasteiger partial charge in [0.15, 0.2) is 11.6 Å². The van der Waals surface area contributed by atoms with Crippen LogP contribution in [0.1, 0.15) is 25.0 Å². The number of furan rings is 1. The molecule has 4 aromatic heterocycles. The van der Waals surface area contributed by atoms with Crippen molar-refractivity contribution in [2.24, 2.45) is 0 Å². The van der Waals surface area contributed by atoms with E-state index < -0.39 is 0 Å². The first-order valence-corrected chi connectivity index (χ1v) is 22.0. The fourth-order valence-corrected chi connectivity index (χ4v) is 10.0. The minimum atomic E-state index is -0.192. The molecule has 0 aliphatic heterocycles. The molecule has 6 heteroatoms. The van der Waals surface area contributed by atoms with E-state index in [0.717, 1.165) is 88.4 Å². The number of aromatic nitrogens is 5. The van der Waals surface area contributed by atoms with Crippen LogP contribution in [-0.2, 0) is 5.41 Å². The Bertz CT molecular complexity index is 3790. The van der Waals surface area contributed by atoms with Gasteiger partial charge in [0, 0.05) is 49.8 Å². The Balaban J connectivity index is 0.984. The Labute approximate surface area is 375 Å². The maximum Gasteiger partial charge on any atom is 0.238 e. The van der Waals surface area contributed by atoms with Crippen LogP contribution in [0.15, 0.2) is 205 Å². The third kappa shape index (κ3) is 5.95. The second kappa shape index (κ2) is 14.3. The molecule has 1 aliphatic carbocycles. The number of hydrogen-bond acceptors (Lipinski definition) is 5. The highest BCUT2D eigenvalue weighted by molar-refractivity contribution is 6.13. The Kier molecular flexibility index (Phi) is 8.15. The van der Waals surface area contributed by atoms with Crippen LogP contribution < -0.4 is 0 Å². The van der Waals surface area contributed by atoms with Crippen LogP contribution in [0.5, 0.6) is 0 Å². The minimum absolute atomic E-state index is 0.192. The standard InChI is InChI=1S/C59H39N5O/c1-59(2)49-21-10-9-20-43(49)45-34-47-46-31-39(41-23-26-44-48-32-40(25-28-54(48)65-55(44)33-41)38-18-13-19-42(30-38)51-22-11-12-29-60-51)24-27-52(46)64(53(47)35-50(45)59)58-62-56(36-14-5-3-6-15-36)61-57(63-58)37-16-7-4-8-17-37/h3-35H,1-2H3. The number of hydrogen-bond donors (Lipinski definition) is 0. The van der Waals surface area contributed by atoms with Crippen LogP contribution in [0.4, 0.5) is 0 Å². The Morgan fingerprint density at radius 2 is 1.03 bits per heavy atom. The summed E-state index contributed by atoms with van der Waals surface area (Å²) in [6, 6.07) is 68.3. The van der Waals surface area contributed by atoms with Crippen molar-refractivity contribution in [1.82, 2.24) is 24.5 Å². The molecule has 0 saturated carbocycles. The van der Waals surface area contributed by atoms with Crippen molar-refractivity contribution in [3.8, 4) is 73.4 Å². The Hall–Kier alpha value is -8.48. The average molecular weight is 834 g/mol. The zero-order valence-electron chi connectivity index (χ0n) is 35.7. The van der Waals surface area contributed by atoms with E-state index in [4.69, 9.17) is 19.4 Å². The van der Waals surface area contributed by atoms with E-state index in [0.29, 0.717) is 17.6 Å². The molecule has 0 bridgehead atoms. The lowest BCUT2D eigenvalue weighted by Crippen LogP contribution is -2.15. The van der Waals surface area contributed by atoms with E-state index in [1.165, 1.54) is 22.3 Å². The van der Waals surface area contributed by atoms with Crippen LogP contribution in [0.2, 0.25) is 0 Å². The molecule has 306 valence electrons. The first kappa shape index (κ1) is 37.1. The zero-order chi connectivity index (χ0) is 43.2. The van der Waals surface area contributed by atoms with Crippen LogP contribution in [0.25, 0.3) is 117 Å². The summed E-state index contributed by atoms with van der Waals surface area (Å²) < 4.78 is 8.82. The lowest BCUT2D eigenvalue weighted by Gasteiger charge is -2.21. The lowest BCUT2D eigenvalue weighted by molar-refractivity contribution is 0.661. The predicted octanol–water partition coefficient (Wildman–Crippen LogP) is 14.9. The molecule has 65 heavy (non-hydrogen) atoms. The smallest absolute Gasteiger partial charge is 0.238 e. The average Bonchev–Trinajstić information content (AvgIpc) is 3.97. The Morgan fingerprint density at radius 1 is 0.400 bits per heavy atom.